The summed E-state index contributed by atoms with van der Waals surface area (Å²) in [6.45, 7) is 5.34. The fourth-order valence-corrected chi connectivity index (χ4v) is 3.85. The van der Waals surface area contributed by atoms with Crippen molar-refractivity contribution in [2.24, 2.45) is 5.10 Å². The lowest BCUT2D eigenvalue weighted by Crippen LogP contribution is -2.43. The van der Waals surface area contributed by atoms with Crippen LogP contribution >= 0.6 is 0 Å². The molecule has 0 aliphatic carbocycles. The van der Waals surface area contributed by atoms with Gasteiger partial charge >= 0.3 is 0 Å². The number of rotatable bonds is 5. The van der Waals surface area contributed by atoms with Crippen LogP contribution in [0.5, 0.6) is 5.75 Å². The molecule has 2 aliphatic rings. The van der Waals surface area contributed by atoms with Crippen LogP contribution in [0.15, 0.2) is 53.6 Å². The van der Waals surface area contributed by atoms with Gasteiger partial charge in [0.05, 0.1) is 38.6 Å². The highest BCUT2D eigenvalue weighted by atomic mass is 16.5. The van der Waals surface area contributed by atoms with E-state index in [2.05, 4.69) is 30.0 Å². The van der Waals surface area contributed by atoms with E-state index in [0.717, 1.165) is 35.7 Å². The van der Waals surface area contributed by atoms with Gasteiger partial charge in [0.2, 0.25) is 0 Å². The second-order valence-electron chi connectivity index (χ2n) is 7.54. The average molecular weight is 393 g/mol. The zero-order chi connectivity index (χ0) is 20.2. The lowest BCUT2D eigenvalue weighted by Gasteiger charge is -2.29. The molecule has 2 aromatic rings. The molecule has 2 aromatic carbocycles. The molecular weight excluding hydrogens is 366 g/mol. The Balaban J connectivity index is 1.60. The maximum absolute atomic E-state index is 13.2. The van der Waals surface area contributed by atoms with Gasteiger partial charge in [-0.2, -0.15) is 5.10 Å². The number of hydrogen-bond donors (Lipinski definition) is 0. The maximum Gasteiger partial charge on any atom is 0.257 e. The third kappa shape index (κ3) is 4.49. The Morgan fingerprint density at radius 1 is 1.17 bits per heavy atom. The molecule has 0 saturated carbocycles. The lowest BCUT2D eigenvalue weighted by molar-refractivity contribution is -0.135. The molecule has 0 aromatic heterocycles. The molecule has 0 radical (unpaired) electrons. The number of aryl methyl sites for hydroxylation is 1. The molecule has 2 heterocycles. The quantitative estimate of drug-likeness (QED) is 0.784. The van der Waals surface area contributed by atoms with Crippen LogP contribution in [0.25, 0.3) is 0 Å². The Bertz CT molecular complexity index is 888. The van der Waals surface area contributed by atoms with Gasteiger partial charge in [0.1, 0.15) is 5.75 Å². The van der Waals surface area contributed by atoms with Crippen LogP contribution in [0.1, 0.15) is 29.2 Å². The smallest absolute Gasteiger partial charge is 0.257 e. The number of ether oxygens (including phenoxy) is 2. The SMILES string of the molecule is COc1ccc([C@@H]2CC(c3cccc(C)c3)=NN2C(=O)CN2CCOCC2)cc1. The minimum absolute atomic E-state index is 0.0235. The summed E-state index contributed by atoms with van der Waals surface area (Å²) in [4.78, 5) is 15.3. The molecule has 29 heavy (non-hydrogen) atoms. The van der Waals surface area contributed by atoms with E-state index in [1.54, 1.807) is 12.1 Å². The molecule has 6 nitrogen and oxygen atoms in total. The molecule has 1 amide bonds. The molecule has 0 N–H and O–H groups in total. The lowest BCUT2D eigenvalue weighted by atomic mass is 9.97. The number of amides is 1. The number of methoxy groups -OCH3 is 1. The summed E-state index contributed by atoms with van der Waals surface area (Å²) in [5.74, 6) is 0.827. The van der Waals surface area contributed by atoms with Crippen molar-refractivity contribution in [1.29, 1.82) is 0 Å². The van der Waals surface area contributed by atoms with E-state index < -0.39 is 0 Å². The summed E-state index contributed by atoms with van der Waals surface area (Å²) in [7, 11) is 1.65. The normalized spacial score (nSPS) is 19.9. The molecule has 0 spiro atoms. The summed E-state index contributed by atoms with van der Waals surface area (Å²) < 4.78 is 10.7. The zero-order valence-electron chi connectivity index (χ0n) is 17.0. The van der Waals surface area contributed by atoms with Gasteiger partial charge in [0, 0.05) is 19.5 Å². The van der Waals surface area contributed by atoms with E-state index in [1.165, 1.54) is 5.56 Å². The first-order valence-corrected chi connectivity index (χ1v) is 10.0. The molecule has 2 aliphatic heterocycles. The number of hydrogen-bond acceptors (Lipinski definition) is 5. The summed E-state index contributed by atoms with van der Waals surface area (Å²) in [6, 6.07) is 16.1. The fraction of sp³-hybridized carbons (Fsp3) is 0.391. The molecule has 1 saturated heterocycles. The number of benzene rings is 2. The molecule has 1 atom stereocenters. The van der Waals surface area contributed by atoms with Crippen LogP contribution < -0.4 is 4.74 Å². The van der Waals surface area contributed by atoms with Crippen LogP contribution in [-0.4, -0.2) is 61.5 Å². The van der Waals surface area contributed by atoms with E-state index >= 15 is 0 Å². The van der Waals surface area contributed by atoms with Crippen LogP contribution in [-0.2, 0) is 9.53 Å². The molecular formula is C23H27N3O3. The monoisotopic (exact) mass is 393 g/mol. The van der Waals surface area contributed by atoms with Gasteiger partial charge in [-0.3, -0.25) is 9.69 Å². The Labute approximate surface area is 171 Å². The summed E-state index contributed by atoms with van der Waals surface area (Å²) in [5, 5.41) is 6.45. The van der Waals surface area contributed by atoms with Crippen molar-refractivity contribution in [3.8, 4) is 5.75 Å². The van der Waals surface area contributed by atoms with Crippen molar-refractivity contribution in [1.82, 2.24) is 9.91 Å². The Morgan fingerprint density at radius 3 is 2.62 bits per heavy atom. The molecule has 1 fully saturated rings. The number of carbonyl (C=O) groups excluding carboxylic acids is 1. The van der Waals surface area contributed by atoms with E-state index in [0.29, 0.717) is 26.2 Å². The highest BCUT2D eigenvalue weighted by Crippen LogP contribution is 2.33. The van der Waals surface area contributed by atoms with Gasteiger partial charge in [-0.15, -0.1) is 0 Å². The topological polar surface area (TPSA) is 54.4 Å². The molecule has 0 bridgehead atoms. The van der Waals surface area contributed by atoms with Crippen LogP contribution in [0.2, 0.25) is 0 Å². The van der Waals surface area contributed by atoms with Gasteiger partial charge in [-0.25, -0.2) is 5.01 Å². The van der Waals surface area contributed by atoms with Crippen LogP contribution in [0.3, 0.4) is 0 Å². The second-order valence-corrected chi connectivity index (χ2v) is 7.54. The standard InChI is InChI=1S/C23H27N3O3/c1-17-4-3-5-19(14-17)21-15-22(18-6-8-20(28-2)9-7-18)26(24-21)23(27)16-25-10-12-29-13-11-25/h3-9,14,22H,10-13,15-16H2,1-2H3/t22-/m0/s1. The van der Waals surface area contributed by atoms with Crippen molar-refractivity contribution < 1.29 is 14.3 Å². The van der Waals surface area contributed by atoms with Gasteiger partial charge in [-0.05, 0) is 30.2 Å². The molecule has 4 rings (SSSR count). The van der Waals surface area contributed by atoms with Gasteiger partial charge < -0.3 is 9.47 Å². The summed E-state index contributed by atoms with van der Waals surface area (Å²) in [6.07, 6.45) is 0.699. The van der Waals surface area contributed by atoms with Crippen molar-refractivity contribution in [2.45, 2.75) is 19.4 Å². The number of nitrogens with zero attached hydrogens (tertiary/aromatic N) is 3. The third-order valence-corrected chi connectivity index (χ3v) is 5.48. The maximum atomic E-state index is 13.2. The minimum atomic E-state index is -0.107. The summed E-state index contributed by atoms with van der Waals surface area (Å²) in [5.41, 5.74) is 4.27. The first-order valence-electron chi connectivity index (χ1n) is 10.0. The number of hydrazone groups is 1. The molecule has 152 valence electrons. The highest BCUT2D eigenvalue weighted by Gasteiger charge is 2.34. The minimum Gasteiger partial charge on any atom is -0.497 e. The van der Waals surface area contributed by atoms with Gasteiger partial charge in [0.25, 0.3) is 5.91 Å². The predicted octanol–water partition coefficient (Wildman–Crippen LogP) is 3.01. The summed E-state index contributed by atoms with van der Waals surface area (Å²) >= 11 is 0. The van der Waals surface area contributed by atoms with Crippen molar-refractivity contribution in [2.75, 3.05) is 40.0 Å². The number of morpholine rings is 1. The first-order chi connectivity index (χ1) is 14.1. The Morgan fingerprint density at radius 2 is 1.93 bits per heavy atom. The Hall–Kier alpha value is -2.70. The van der Waals surface area contributed by atoms with Gasteiger partial charge in [-0.1, -0.05) is 42.0 Å². The zero-order valence-corrected chi connectivity index (χ0v) is 17.0. The second kappa shape index (κ2) is 8.76. The first kappa shape index (κ1) is 19.6. The largest absolute Gasteiger partial charge is 0.497 e. The number of carbonyl (C=O) groups is 1. The molecule has 6 heteroatoms. The highest BCUT2D eigenvalue weighted by molar-refractivity contribution is 6.03. The van der Waals surface area contributed by atoms with E-state index in [-0.39, 0.29) is 11.9 Å². The average Bonchev–Trinajstić information content (AvgIpc) is 3.20. The predicted molar refractivity (Wildman–Crippen MR) is 112 cm³/mol. The van der Waals surface area contributed by atoms with Gasteiger partial charge in [0.15, 0.2) is 0 Å². The van der Waals surface area contributed by atoms with E-state index in [9.17, 15) is 4.79 Å². The van der Waals surface area contributed by atoms with Crippen molar-refractivity contribution in [3.63, 3.8) is 0 Å². The van der Waals surface area contributed by atoms with E-state index in [1.807, 2.05) is 30.3 Å². The third-order valence-electron chi connectivity index (χ3n) is 5.48. The molecule has 0 unspecified atom stereocenters. The van der Waals surface area contributed by atoms with Crippen LogP contribution in [0.4, 0.5) is 0 Å². The fourth-order valence-electron chi connectivity index (χ4n) is 3.85. The van der Waals surface area contributed by atoms with Crippen molar-refractivity contribution >= 4 is 11.6 Å². The van der Waals surface area contributed by atoms with E-state index in [4.69, 9.17) is 14.6 Å². The van der Waals surface area contributed by atoms with Crippen molar-refractivity contribution in [3.05, 3.63) is 65.2 Å². The van der Waals surface area contributed by atoms with Crippen LogP contribution in [0, 0.1) is 6.92 Å². The Kier molecular flexibility index (Phi) is 5.92.